The Bertz CT molecular complexity index is 530. The maximum Gasteiger partial charge on any atom is 0.160 e. The Morgan fingerprint density at radius 2 is 2.06 bits per heavy atom. The normalized spacial score (nSPS) is 10.4. The van der Waals surface area contributed by atoms with E-state index in [0.29, 0.717) is 24.6 Å². The Morgan fingerprint density at radius 3 is 2.72 bits per heavy atom. The minimum Gasteiger partial charge on any atom is -0.326 e. The molecule has 0 unspecified atom stereocenters. The van der Waals surface area contributed by atoms with Gasteiger partial charge >= 0.3 is 0 Å². The molecule has 1 heterocycles. The fourth-order valence-electron chi connectivity index (χ4n) is 1.84. The Hall–Kier alpha value is -2.01. The zero-order valence-corrected chi connectivity index (χ0v) is 10.2. The molecule has 0 spiro atoms. The molecular weight excluding hydrogens is 231 g/mol. The number of benzene rings is 1. The molecule has 94 valence electrons. The van der Waals surface area contributed by atoms with Gasteiger partial charge in [0, 0.05) is 18.7 Å². The zero-order chi connectivity index (χ0) is 13.0. The quantitative estimate of drug-likeness (QED) is 0.898. The van der Waals surface area contributed by atoms with Crippen LogP contribution in [0.4, 0.5) is 15.9 Å². The molecule has 2 N–H and O–H groups in total. The van der Waals surface area contributed by atoms with Crippen molar-refractivity contribution >= 4 is 11.5 Å². The van der Waals surface area contributed by atoms with Crippen molar-refractivity contribution in [2.45, 2.75) is 13.5 Å². The summed E-state index contributed by atoms with van der Waals surface area (Å²) in [4.78, 5) is 1.77. The first-order valence-corrected chi connectivity index (χ1v) is 5.80. The Morgan fingerprint density at radius 1 is 1.28 bits per heavy atom. The number of rotatable bonds is 4. The second kappa shape index (κ2) is 5.55. The maximum absolute atomic E-state index is 13.8. The van der Waals surface area contributed by atoms with Gasteiger partial charge < -0.3 is 10.6 Å². The monoisotopic (exact) mass is 246 g/mol. The number of halogens is 1. The first kappa shape index (κ1) is 12.4. The fraction of sp³-hybridized carbons (Fsp3) is 0.231. The van der Waals surface area contributed by atoms with Crippen LogP contribution in [-0.2, 0) is 6.54 Å². The molecule has 1 aromatic carbocycles. The van der Waals surface area contributed by atoms with Crippen LogP contribution in [-0.4, -0.2) is 16.7 Å². The van der Waals surface area contributed by atoms with Gasteiger partial charge in [-0.3, -0.25) is 0 Å². The molecule has 0 atom stereocenters. The number of hydrogen-bond donors (Lipinski definition) is 1. The van der Waals surface area contributed by atoms with Crippen LogP contribution < -0.4 is 10.6 Å². The van der Waals surface area contributed by atoms with Gasteiger partial charge in [-0.05, 0) is 25.1 Å². The number of anilines is 2. The number of aromatic nitrogens is 2. The third kappa shape index (κ3) is 2.31. The van der Waals surface area contributed by atoms with Gasteiger partial charge in [-0.1, -0.05) is 12.1 Å². The third-order valence-electron chi connectivity index (χ3n) is 2.72. The summed E-state index contributed by atoms with van der Waals surface area (Å²) in [6.45, 7) is 2.86. The topological polar surface area (TPSA) is 55.0 Å². The molecule has 18 heavy (non-hydrogen) atoms. The molecule has 0 bridgehead atoms. The van der Waals surface area contributed by atoms with Gasteiger partial charge in [0.25, 0.3) is 0 Å². The van der Waals surface area contributed by atoms with Crippen molar-refractivity contribution in [1.29, 1.82) is 0 Å². The zero-order valence-electron chi connectivity index (χ0n) is 10.2. The Labute approximate surface area is 105 Å². The van der Waals surface area contributed by atoms with E-state index >= 15 is 0 Å². The van der Waals surface area contributed by atoms with Crippen LogP contribution in [0.2, 0.25) is 0 Å². The Balaban J connectivity index is 2.49. The van der Waals surface area contributed by atoms with Crippen molar-refractivity contribution in [3.8, 4) is 0 Å². The highest BCUT2D eigenvalue weighted by molar-refractivity contribution is 5.62. The van der Waals surface area contributed by atoms with Gasteiger partial charge in [0.2, 0.25) is 0 Å². The summed E-state index contributed by atoms with van der Waals surface area (Å²) in [5.41, 5.74) is 7.00. The number of nitrogens with two attached hydrogens (primary N) is 1. The molecule has 0 aliphatic heterocycles. The largest absolute Gasteiger partial charge is 0.326 e. The summed E-state index contributed by atoms with van der Waals surface area (Å²) in [5, 5.41) is 7.92. The van der Waals surface area contributed by atoms with Gasteiger partial charge in [-0.2, -0.15) is 5.10 Å². The summed E-state index contributed by atoms with van der Waals surface area (Å²) in [6.07, 6.45) is 1.58. The SMILES string of the molecule is CCN(c1ccccc1F)c1nnccc1CN. The van der Waals surface area contributed by atoms with E-state index in [1.165, 1.54) is 6.07 Å². The molecule has 0 aliphatic carbocycles. The van der Waals surface area contributed by atoms with Crippen molar-refractivity contribution in [3.05, 3.63) is 47.9 Å². The van der Waals surface area contributed by atoms with Gasteiger partial charge in [0.05, 0.1) is 11.9 Å². The van der Waals surface area contributed by atoms with Gasteiger partial charge in [-0.15, -0.1) is 5.10 Å². The molecule has 1 aromatic heterocycles. The van der Waals surface area contributed by atoms with Crippen molar-refractivity contribution in [2.75, 3.05) is 11.4 Å². The highest BCUT2D eigenvalue weighted by Crippen LogP contribution is 2.27. The van der Waals surface area contributed by atoms with Crippen LogP contribution in [0.25, 0.3) is 0 Å². The highest BCUT2D eigenvalue weighted by Gasteiger charge is 2.15. The van der Waals surface area contributed by atoms with Gasteiger partial charge in [0.15, 0.2) is 5.82 Å². The van der Waals surface area contributed by atoms with Crippen LogP contribution >= 0.6 is 0 Å². The van der Waals surface area contributed by atoms with E-state index < -0.39 is 0 Å². The smallest absolute Gasteiger partial charge is 0.160 e. The van der Waals surface area contributed by atoms with Crippen LogP contribution in [0, 0.1) is 5.82 Å². The lowest BCUT2D eigenvalue weighted by Crippen LogP contribution is -2.21. The van der Waals surface area contributed by atoms with Crippen LogP contribution in [0.15, 0.2) is 36.5 Å². The van der Waals surface area contributed by atoms with E-state index in [1.807, 2.05) is 6.92 Å². The average molecular weight is 246 g/mol. The molecule has 0 saturated carbocycles. The van der Waals surface area contributed by atoms with E-state index in [9.17, 15) is 4.39 Å². The van der Waals surface area contributed by atoms with Crippen LogP contribution in [0.3, 0.4) is 0 Å². The average Bonchev–Trinajstić information content (AvgIpc) is 2.42. The minimum absolute atomic E-state index is 0.284. The molecule has 5 heteroatoms. The summed E-state index contributed by atoms with van der Waals surface area (Å²) in [7, 11) is 0. The van der Waals surface area contributed by atoms with E-state index in [4.69, 9.17) is 5.73 Å². The van der Waals surface area contributed by atoms with E-state index in [2.05, 4.69) is 10.2 Å². The first-order valence-electron chi connectivity index (χ1n) is 5.80. The second-order valence-corrected chi connectivity index (χ2v) is 3.78. The summed E-state index contributed by atoms with van der Waals surface area (Å²) >= 11 is 0. The lowest BCUT2D eigenvalue weighted by atomic mass is 10.2. The molecule has 0 aliphatic rings. The molecule has 2 aromatic rings. The molecule has 0 amide bonds. The van der Waals surface area contributed by atoms with Gasteiger partial charge in [0.1, 0.15) is 5.82 Å². The van der Waals surface area contributed by atoms with E-state index in [1.54, 1.807) is 35.4 Å². The van der Waals surface area contributed by atoms with Crippen LogP contribution in [0.5, 0.6) is 0 Å². The first-order chi connectivity index (χ1) is 8.77. The minimum atomic E-state index is -0.284. The number of hydrogen-bond acceptors (Lipinski definition) is 4. The molecule has 0 radical (unpaired) electrons. The molecule has 4 nitrogen and oxygen atoms in total. The van der Waals surface area contributed by atoms with Crippen molar-refractivity contribution < 1.29 is 4.39 Å². The molecule has 0 fully saturated rings. The number of nitrogens with zero attached hydrogens (tertiary/aromatic N) is 3. The van der Waals surface area contributed by atoms with Crippen LogP contribution in [0.1, 0.15) is 12.5 Å². The van der Waals surface area contributed by atoms with Crippen molar-refractivity contribution in [1.82, 2.24) is 10.2 Å². The lowest BCUT2D eigenvalue weighted by molar-refractivity contribution is 0.624. The van der Waals surface area contributed by atoms with E-state index in [-0.39, 0.29) is 5.82 Å². The number of para-hydroxylation sites is 1. The maximum atomic E-state index is 13.8. The standard InChI is InChI=1S/C13H15FN4/c1-2-18(12-6-4-3-5-11(12)14)13-10(9-15)7-8-16-17-13/h3-8H,2,9,15H2,1H3. The van der Waals surface area contributed by atoms with E-state index in [0.717, 1.165) is 5.56 Å². The predicted octanol–water partition coefficient (Wildman–Crippen LogP) is 2.23. The molecular formula is C13H15FN4. The Kier molecular flexibility index (Phi) is 3.84. The summed E-state index contributed by atoms with van der Waals surface area (Å²) in [6, 6.07) is 8.39. The van der Waals surface area contributed by atoms with Crippen molar-refractivity contribution in [3.63, 3.8) is 0 Å². The van der Waals surface area contributed by atoms with Gasteiger partial charge in [-0.25, -0.2) is 4.39 Å². The van der Waals surface area contributed by atoms with Crippen molar-refractivity contribution in [2.24, 2.45) is 5.73 Å². The summed E-state index contributed by atoms with van der Waals surface area (Å²) < 4.78 is 13.8. The second-order valence-electron chi connectivity index (χ2n) is 3.78. The third-order valence-corrected chi connectivity index (χ3v) is 2.72. The summed E-state index contributed by atoms with van der Waals surface area (Å²) in [5.74, 6) is 0.320. The highest BCUT2D eigenvalue weighted by atomic mass is 19.1. The lowest BCUT2D eigenvalue weighted by Gasteiger charge is -2.23. The predicted molar refractivity (Wildman–Crippen MR) is 69.0 cm³/mol. The molecule has 2 rings (SSSR count). The fourth-order valence-corrected chi connectivity index (χ4v) is 1.84. The molecule has 0 saturated heterocycles.